The van der Waals surface area contributed by atoms with Crippen molar-refractivity contribution in [1.82, 2.24) is 4.72 Å². The Morgan fingerprint density at radius 3 is 2.55 bits per heavy atom. The Hall–Kier alpha value is -0.780. The van der Waals surface area contributed by atoms with E-state index in [2.05, 4.69) is 4.72 Å². The quantitative estimate of drug-likeness (QED) is 0.821. The lowest BCUT2D eigenvalue weighted by Gasteiger charge is -2.16. The Morgan fingerprint density at radius 2 is 2.05 bits per heavy atom. The predicted molar refractivity (Wildman–Crippen MR) is 80.2 cm³/mol. The summed E-state index contributed by atoms with van der Waals surface area (Å²) in [6, 6.07) is 2.94. The molecule has 0 bridgehead atoms. The van der Waals surface area contributed by atoms with E-state index in [1.807, 2.05) is 0 Å². The molecule has 3 N–H and O–H groups in total. The maximum Gasteiger partial charge on any atom is 0.240 e. The molecular formula is C14H19ClN2O2S. The second kappa shape index (κ2) is 4.61. The van der Waals surface area contributed by atoms with Crippen LogP contribution >= 0.6 is 11.6 Å². The Bertz CT molecular complexity index is 626. The number of rotatable bonds is 5. The number of benzene rings is 1. The van der Waals surface area contributed by atoms with Gasteiger partial charge in [0.2, 0.25) is 10.0 Å². The molecule has 2 fully saturated rings. The molecule has 6 heteroatoms. The Kier molecular flexibility index (Phi) is 3.27. The Balaban J connectivity index is 1.78. The molecule has 0 aliphatic heterocycles. The van der Waals surface area contributed by atoms with E-state index in [9.17, 15) is 8.42 Å². The first-order valence-corrected chi connectivity index (χ1v) is 8.75. The van der Waals surface area contributed by atoms with Gasteiger partial charge in [0, 0.05) is 17.3 Å². The van der Waals surface area contributed by atoms with Gasteiger partial charge < -0.3 is 5.73 Å². The highest BCUT2D eigenvalue weighted by Crippen LogP contribution is 2.60. The van der Waals surface area contributed by atoms with Gasteiger partial charge in [-0.2, -0.15) is 0 Å². The molecule has 0 saturated heterocycles. The number of nitrogens with one attached hydrogen (secondary N) is 1. The first-order chi connectivity index (χ1) is 9.34. The summed E-state index contributed by atoms with van der Waals surface area (Å²) in [7, 11) is -3.54. The van der Waals surface area contributed by atoms with Crippen molar-refractivity contribution in [3.05, 3.63) is 22.7 Å². The van der Waals surface area contributed by atoms with Crippen molar-refractivity contribution in [3.63, 3.8) is 0 Å². The van der Waals surface area contributed by atoms with Crippen LogP contribution in [0.3, 0.4) is 0 Å². The van der Waals surface area contributed by atoms with Crippen LogP contribution in [0.4, 0.5) is 5.69 Å². The standard InChI is InChI=1S/C14H19ClN2O2S/c1-9-12(15)6-11(7-13(9)16)20(18,19)17-8-14(4-5-14)10-2-3-10/h6-7,10,17H,2-5,8,16H2,1H3. The van der Waals surface area contributed by atoms with Gasteiger partial charge in [0.15, 0.2) is 0 Å². The van der Waals surface area contributed by atoms with Gasteiger partial charge in [0.1, 0.15) is 0 Å². The minimum absolute atomic E-state index is 0.150. The molecule has 2 saturated carbocycles. The number of halogens is 1. The smallest absolute Gasteiger partial charge is 0.240 e. The van der Waals surface area contributed by atoms with Crippen molar-refractivity contribution in [2.45, 2.75) is 37.5 Å². The van der Waals surface area contributed by atoms with Crippen molar-refractivity contribution in [2.75, 3.05) is 12.3 Å². The third kappa shape index (κ3) is 2.54. The molecule has 110 valence electrons. The number of hydrogen-bond donors (Lipinski definition) is 2. The van der Waals surface area contributed by atoms with Gasteiger partial charge in [0.05, 0.1) is 4.90 Å². The molecule has 0 unspecified atom stereocenters. The molecule has 20 heavy (non-hydrogen) atoms. The molecule has 0 heterocycles. The zero-order chi connectivity index (χ0) is 14.5. The second-order valence-corrected chi connectivity index (χ2v) is 8.25. The molecule has 4 nitrogen and oxygen atoms in total. The number of nitrogens with two attached hydrogens (primary N) is 1. The molecule has 0 aromatic heterocycles. The van der Waals surface area contributed by atoms with Gasteiger partial charge in [-0.05, 0) is 61.6 Å². The molecule has 2 aliphatic carbocycles. The maximum atomic E-state index is 12.3. The fourth-order valence-electron chi connectivity index (χ4n) is 2.74. The van der Waals surface area contributed by atoms with Crippen LogP contribution in [0, 0.1) is 18.3 Å². The lowest BCUT2D eigenvalue weighted by atomic mass is 10.0. The van der Waals surface area contributed by atoms with Crippen LogP contribution in [0.2, 0.25) is 5.02 Å². The molecule has 2 aliphatic rings. The molecule has 0 atom stereocenters. The van der Waals surface area contributed by atoms with E-state index in [-0.39, 0.29) is 10.3 Å². The summed E-state index contributed by atoms with van der Waals surface area (Å²) in [4.78, 5) is 0.150. The van der Waals surface area contributed by atoms with E-state index in [1.54, 1.807) is 6.92 Å². The monoisotopic (exact) mass is 314 g/mol. The predicted octanol–water partition coefficient (Wildman–Crippen LogP) is 2.70. The summed E-state index contributed by atoms with van der Waals surface area (Å²) in [6.07, 6.45) is 4.75. The van der Waals surface area contributed by atoms with Crippen molar-refractivity contribution in [3.8, 4) is 0 Å². The lowest BCUT2D eigenvalue weighted by molar-refractivity contribution is 0.432. The summed E-state index contributed by atoms with van der Waals surface area (Å²) in [5.41, 5.74) is 7.14. The van der Waals surface area contributed by atoms with Crippen molar-refractivity contribution in [1.29, 1.82) is 0 Å². The third-order valence-corrected chi connectivity index (χ3v) is 6.39. The van der Waals surface area contributed by atoms with Crippen LogP contribution in [0.1, 0.15) is 31.2 Å². The lowest BCUT2D eigenvalue weighted by Crippen LogP contribution is -2.31. The van der Waals surface area contributed by atoms with E-state index >= 15 is 0 Å². The van der Waals surface area contributed by atoms with Crippen LogP contribution in [-0.4, -0.2) is 15.0 Å². The topological polar surface area (TPSA) is 72.2 Å². The van der Waals surface area contributed by atoms with Crippen LogP contribution in [0.15, 0.2) is 17.0 Å². The fourth-order valence-corrected chi connectivity index (χ4v) is 4.23. The van der Waals surface area contributed by atoms with Crippen molar-refractivity contribution < 1.29 is 8.42 Å². The zero-order valence-corrected chi connectivity index (χ0v) is 13.0. The van der Waals surface area contributed by atoms with Gasteiger partial charge in [0.25, 0.3) is 0 Å². The molecule has 0 amide bonds. The largest absolute Gasteiger partial charge is 0.398 e. The zero-order valence-electron chi connectivity index (χ0n) is 11.4. The van der Waals surface area contributed by atoms with E-state index in [1.165, 1.54) is 25.0 Å². The van der Waals surface area contributed by atoms with Gasteiger partial charge in [-0.15, -0.1) is 0 Å². The number of sulfonamides is 1. The Morgan fingerprint density at radius 1 is 1.40 bits per heavy atom. The number of nitrogen functional groups attached to an aromatic ring is 1. The van der Waals surface area contributed by atoms with E-state index < -0.39 is 10.0 Å². The van der Waals surface area contributed by atoms with Crippen LogP contribution in [0.5, 0.6) is 0 Å². The molecule has 0 radical (unpaired) electrons. The summed E-state index contributed by atoms with van der Waals surface area (Å²) < 4.78 is 27.4. The van der Waals surface area contributed by atoms with Crippen LogP contribution < -0.4 is 10.5 Å². The molecule has 0 spiro atoms. The SMILES string of the molecule is Cc1c(N)cc(S(=O)(=O)NCC2(C3CC3)CC2)cc1Cl. The average molecular weight is 315 g/mol. The summed E-state index contributed by atoms with van der Waals surface area (Å²) >= 11 is 6.02. The number of anilines is 1. The Labute approximate surface area is 124 Å². The van der Waals surface area contributed by atoms with E-state index in [4.69, 9.17) is 17.3 Å². The van der Waals surface area contributed by atoms with Gasteiger partial charge in [-0.3, -0.25) is 0 Å². The van der Waals surface area contributed by atoms with Gasteiger partial charge in [-0.1, -0.05) is 11.6 Å². The van der Waals surface area contributed by atoms with Crippen LogP contribution in [0.25, 0.3) is 0 Å². The van der Waals surface area contributed by atoms with Crippen LogP contribution in [-0.2, 0) is 10.0 Å². The average Bonchev–Trinajstić information content (AvgIpc) is 3.25. The van der Waals surface area contributed by atoms with Gasteiger partial charge in [-0.25, -0.2) is 13.1 Å². The first kappa shape index (κ1) is 14.2. The second-order valence-electron chi connectivity index (χ2n) is 6.08. The van der Waals surface area contributed by atoms with Crippen molar-refractivity contribution in [2.24, 2.45) is 11.3 Å². The highest BCUT2D eigenvalue weighted by Gasteiger charge is 2.53. The number of hydrogen-bond acceptors (Lipinski definition) is 3. The minimum Gasteiger partial charge on any atom is -0.398 e. The molecule has 3 rings (SSSR count). The van der Waals surface area contributed by atoms with Crippen molar-refractivity contribution >= 4 is 27.3 Å². The maximum absolute atomic E-state index is 12.3. The highest BCUT2D eigenvalue weighted by atomic mass is 35.5. The van der Waals surface area contributed by atoms with E-state index in [0.717, 1.165) is 18.8 Å². The summed E-state index contributed by atoms with van der Waals surface area (Å²) in [5.74, 6) is 0.719. The fraction of sp³-hybridized carbons (Fsp3) is 0.571. The highest BCUT2D eigenvalue weighted by molar-refractivity contribution is 7.89. The molecule has 1 aromatic rings. The molecule has 1 aromatic carbocycles. The minimum atomic E-state index is -3.54. The molecular weight excluding hydrogens is 296 g/mol. The summed E-state index contributed by atoms with van der Waals surface area (Å²) in [6.45, 7) is 2.30. The normalized spacial score (nSPS) is 20.9. The summed E-state index contributed by atoms with van der Waals surface area (Å²) in [5, 5.41) is 0.383. The first-order valence-electron chi connectivity index (χ1n) is 6.89. The van der Waals surface area contributed by atoms with Gasteiger partial charge >= 0.3 is 0 Å². The third-order valence-electron chi connectivity index (χ3n) is 4.62. The van der Waals surface area contributed by atoms with E-state index in [0.29, 0.717) is 22.8 Å².